The molecule has 7 heteroatoms. The fourth-order valence-corrected chi connectivity index (χ4v) is 4.29. The van der Waals surface area contributed by atoms with Gasteiger partial charge < -0.3 is 9.64 Å². The molecule has 2 aromatic rings. The molecule has 2 aromatic carbocycles. The second kappa shape index (κ2) is 7.90. The summed E-state index contributed by atoms with van der Waals surface area (Å²) in [6.45, 7) is -0.0733. The molecule has 0 saturated carbocycles. The highest BCUT2D eigenvalue weighted by atomic mass is 32.2. The smallest absolute Gasteiger partial charge is 0.332 e. The van der Waals surface area contributed by atoms with E-state index in [0.29, 0.717) is 5.69 Å². The molecular formula is C21H18N2O4S. The van der Waals surface area contributed by atoms with E-state index in [0.717, 1.165) is 10.5 Å². The summed E-state index contributed by atoms with van der Waals surface area (Å²) in [5.74, 6) is -0.784. The van der Waals surface area contributed by atoms with Crippen LogP contribution in [0.15, 0.2) is 72.1 Å². The number of nitrogens with zero attached hydrogens (tertiary/aromatic N) is 2. The first-order valence-corrected chi connectivity index (χ1v) is 9.81. The quantitative estimate of drug-likeness (QED) is 0.729. The fourth-order valence-electron chi connectivity index (χ4n) is 3.25. The predicted molar refractivity (Wildman–Crippen MR) is 107 cm³/mol. The number of esters is 1. The summed E-state index contributed by atoms with van der Waals surface area (Å²) in [6, 6.07) is 17.1. The lowest BCUT2D eigenvalue weighted by molar-refractivity contribution is -0.146. The van der Waals surface area contributed by atoms with E-state index in [1.54, 1.807) is 35.7 Å². The first-order valence-electron chi connectivity index (χ1n) is 8.86. The Morgan fingerprint density at radius 1 is 1.00 bits per heavy atom. The number of urea groups is 1. The Balaban J connectivity index is 1.51. The normalized spacial score (nSPS) is 21.0. The van der Waals surface area contributed by atoms with Gasteiger partial charge in [-0.15, -0.1) is 11.8 Å². The number of para-hydroxylation sites is 1. The Labute approximate surface area is 166 Å². The molecule has 2 aliphatic rings. The number of rotatable bonds is 5. The van der Waals surface area contributed by atoms with Crippen molar-refractivity contribution in [1.29, 1.82) is 0 Å². The van der Waals surface area contributed by atoms with Crippen LogP contribution in [0.1, 0.15) is 5.56 Å². The van der Waals surface area contributed by atoms with E-state index in [2.05, 4.69) is 0 Å². The summed E-state index contributed by atoms with van der Waals surface area (Å²) in [7, 11) is 0. The summed E-state index contributed by atoms with van der Waals surface area (Å²) in [5, 5.41) is 1.34. The number of hydrogen-bond acceptors (Lipinski definition) is 5. The molecule has 0 bridgehead atoms. The number of imide groups is 1. The SMILES string of the molecule is O=C(CN1C(=O)N(c2ccccc2)C(=O)C2SC=CC21)OCc1ccccc1. The summed E-state index contributed by atoms with van der Waals surface area (Å²) < 4.78 is 5.33. The molecule has 0 aliphatic carbocycles. The van der Waals surface area contributed by atoms with Crippen LogP contribution >= 0.6 is 11.8 Å². The third-order valence-corrected chi connectivity index (χ3v) is 5.72. The van der Waals surface area contributed by atoms with Crippen molar-refractivity contribution in [2.45, 2.75) is 17.9 Å². The molecule has 0 N–H and O–H groups in total. The number of fused-ring (bicyclic) bond motifs is 1. The van der Waals surface area contributed by atoms with Gasteiger partial charge in [-0.25, -0.2) is 9.69 Å². The van der Waals surface area contributed by atoms with Gasteiger partial charge in [-0.05, 0) is 23.1 Å². The van der Waals surface area contributed by atoms with Crippen LogP contribution in [0.5, 0.6) is 0 Å². The topological polar surface area (TPSA) is 66.9 Å². The Hall–Kier alpha value is -3.06. The first kappa shape index (κ1) is 18.3. The molecule has 1 saturated heterocycles. The van der Waals surface area contributed by atoms with Crippen LogP contribution in [0.25, 0.3) is 0 Å². The molecule has 0 spiro atoms. The molecule has 3 amide bonds. The lowest BCUT2D eigenvalue weighted by Crippen LogP contribution is -2.63. The lowest BCUT2D eigenvalue weighted by Gasteiger charge is -2.40. The molecule has 0 radical (unpaired) electrons. The molecule has 28 heavy (non-hydrogen) atoms. The van der Waals surface area contributed by atoms with Crippen LogP contribution in [0, 0.1) is 0 Å². The largest absolute Gasteiger partial charge is 0.459 e. The van der Waals surface area contributed by atoms with Gasteiger partial charge in [0.1, 0.15) is 18.4 Å². The number of hydrogen-bond donors (Lipinski definition) is 0. The van der Waals surface area contributed by atoms with E-state index in [4.69, 9.17) is 4.74 Å². The summed E-state index contributed by atoms with van der Waals surface area (Å²) in [5.41, 5.74) is 1.36. The minimum Gasteiger partial charge on any atom is -0.459 e. The van der Waals surface area contributed by atoms with E-state index in [-0.39, 0.29) is 19.1 Å². The molecule has 4 rings (SSSR count). The number of carbonyl (C=O) groups is 3. The van der Waals surface area contributed by atoms with E-state index in [1.807, 2.05) is 36.4 Å². The second-order valence-corrected chi connectivity index (χ2v) is 7.49. The maximum atomic E-state index is 13.1. The van der Waals surface area contributed by atoms with Gasteiger partial charge in [-0.1, -0.05) is 54.6 Å². The standard InChI is InChI=1S/C21H18N2O4S/c24-18(27-14-15-7-3-1-4-8-15)13-22-17-11-12-28-19(17)20(25)23(21(22)26)16-9-5-2-6-10-16/h1-12,17,19H,13-14H2. The second-order valence-electron chi connectivity index (χ2n) is 6.44. The minimum absolute atomic E-state index is 0.141. The highest BCUT2D eigenvalue weighted by Crippen LogP contribution is 2.36. The number of thioether (sulfide) groups is 1. The van der Waals surface area contributed by atoms with Crippen LogP contribution in [0.3, 0.4) is 0 Å². The van der Waals surface area contributed by atoms with Gasteiger partial charge in [0.25, 0.3) is 5.91 Å². The van der Waals surface area contributed by atoms with E-state index in [9.17, 15) is 14.4 Å². The summed E-state index contributed by atoms with van der Waals surface area (Å²) in [6.07, 6.45) is 1.79. The molecular weight excluding hydrogens is 376 g/mol. The van der Waals surface area contributed by atoms with Gasteiger partial charge in [0, 0.05) is 0 Å². The van der Waals surface area contributed by atoms with Crippen molar-refractivity contribution in [3.05, 3.63) is 77.7 Å². The fraction of sp³-hybridized carbons (Fsp3) is 0.190. The van der Waals surface area contributed by atoms with Crippen LogP contribution in [0.2, 0.25) is 0 Å². The van der Waals surface area contributed by atoms with Gasteiger partial charge in [-0.3, -0.25) is 9.59 Å². The van der Waals surface area contributed by atoms with Crippen LogP contribution in [-0.4, -0.2) is 40.6 Å². The van der Waals surface area contributed by atoms with Gasteiger partial charge >= 0.3 is 12.0 Å². The Bertz CT molecular complexity index is 917. The van der Waals surface area contributed by atoms with Gasteiger partial charge in [0.05, 0.1) is 11.7 Å². The number of amides is 3. The van der Waals surface area contributed by atoms with Gasteiger partial charge in [0.15, 0.2) is 0 Å². The van der Waals surface area contributed by atoms with Crippen molar-refractivity contribution in [3.8, 4) is 0 Å². The number of anilines is 1. The molecule has 142 valence electrons. The van der Waals surface area contributed by atoms with Crippen molar-refractivity contribution in [2.75, 3.05) is 11.4 Å². The van der Waals surface area contributed by atoms with Crippen LogP contribution in [-0.2, 0) is 20.9 Å². The zero-order valence-corrected chi connectivity index (χ0v) is 15.7. The van der Waals surface area contributed by atoms with Gasteiger partial charge in [0.2, 0.25) is 0 Å². The van der Waals surface area contributed by atoms with Crippen molar-refractivity contribution < 1.29 is 19.1 Å². The monoisotopic (exact) mass is 394 g/mol. The van der Waals surface area contributed by atoms with Crippen molar-refractivity contribution in [2.24, 2.45) is 0 Å². The van der Waals surface area contributed by atoms with Gasteiger partial charge in [-0.2, -0.15) is 0 Å². The molecule has 2 atom stereocenters. The minimum atomic E-state index is -0.513. The van der Waals surface area contributed by atoms with E-state index < -0.39 is 23.3 Å². The average molecular weight is 394 g/mol. The van der Waals surface area contributed by atoms with E-state index >= 15 is 0 Å². The predicted octanol–water partition coefficient (Wildman–Crippen LogP) is 3.20. The third kappa shape index (κ3) is 3.53. The molecule has 1 fully saturated rings. The maximum Gasteiger partial charge on any atom is 0.332 e. The Morgan fingerprint density at radius 2 is 1.68 bits per heavy atom. The first-order chi connectivity index (χ1) is 13.6. The molecule has 2 unspecified atom stereocenters. The molecule has 6 nitrogen and oxygen atoms in total. The molecule has 2 aliphatic heterocycles. The third-order valence-electron chi connectivity index (χ3n) is 4.63. The summed E-state index contributed by atoms with van der Waals surface area (Å²) >= 11 is 1.36. The van der Waals surface area contributed by atoms with Crippen molar-refractivity contribution in [1.82, 2.24) is 4.90 Å². The van der Waals surface area contributed by atoms with Crippen LogP contribution < -0.4 is 4.90 Å². The summed E-state index contributed by atoms with van der Waals surface area (Å²) in [4.78, 5) is 40.9. The number of carbonyl (C=O) groups excluding carboxylic acids is 3. The van der Waals surface area contributed by atoms with Crippen molar-refractivity contribution in [3.63, 3.8) is 0 Å². The van der Waals surface area contributed by atoms with Crippen LogP contribution in [0.4, 0.5) is 10.5 Å². The Kier molecular flexibility index (Phi) is 5.16. The van der Waals surface area contributed by atoms with Crippen molar-refractivity contribution >= 4 is 35.4 Å². The maximum absolute atomic E-state index is 13.1. The lowest BCUT2D eigenvalue weighted by atomic mass is 10.1. The van der Waals surface area contributed by atoms with E-state index in [1.165, 1.54) is 16.7 Å². The number of ether oxygens (including phenoxy) is 1. The highest BCUT2D eigenvalue weighted by molar-refractivity contribution is 8.03. The Morgan fingerprint density at radius 3 is 2.39 bits per heavy atom. The number of benzene rings is 2. The molecule has 0 aromatic heterocycles. The zero-order chi connectivity index (χ0) is 19.5. The molecule has 2 heterocycles. The highest BCUT2D eigenvalue weighted by Gasteiger charge is 2.48. The average Bonchev–Trinajstić information content (AvgIpc) is 3.21. The zero-order valence-electron chi connectivity index (χ0n) is 14.9.